The fourth-order valence-corrected chi connectivity index (χ4v) is 1.53. The SMILES string of the molecule is CC(=O)SCC#Cc1cnc2ncccn12. The predicted octanol–water partition coefficient (Wildman–Crippen LogP) is 1.36. The van der Waals surface area contributed by atoms with Gasteiger partial charge in [0.25, 0.3) is 0 Å². The summed E-state index contributed by atoms with van der Waals surface area (Å²) in [5.74, 6) is 7.01. The summed E-state index contributed by atoms with van der Waals surface area (Å²) in [5.41, 5.74) is 0.784. The summed E-state index contributed by atoms with van der Waals surface area (Å²) in [4.78, 5) is 18.9. The van der Waals surface area contributed by atoms with Crippen molar-refractivity contribution in [1.29, 1.82) is 0 Å². The van der Waals surface area contributed by atoms with Gasteiger partial charge in [-0.3, -0.25) is 9.20 Å². The van der Waals surface area contributed by atoms with E-state index in [4.69, 9.17) is 0 Å². The van der Waals surface area contributed by atoms with Crippen LogP contribution in [-0.4, -0.2) is 25.2 Å². The van der Waals surface area contributed by atoms with Crippen LogP contribution in [0.1, 0.15) is 12.6 Å². The molecule has 0 saturated carbocycles. The van der Waals surface area contributed by atoms with E-state index < -0.39 is 0 Å². The van der Waals surface area contributed by atoms with Crippen LogP contribution < -0.4 is 0 Å². The summed E-state index contributed by atoms with van der Waals surface area (Å²) < 4.78 is 1.81. The van der Waals surface area contributed by atoms with Gasteiger partial charge in [0.15, 0.2) is 5.12 Å². The fourth-order valence-electron chi connectivity index (χ4n) is 1.18. The number of nitrogens with zero attached hydrogens (tertiary/aromatic N) is 3. The number of carbonyl (C=O) groups is 1. The largest absolute Gasteiger partial charge is 0.288 e. The Morgan fingerprint density at radius 2 is 2.44 bits per heavy atom. The summed E-state index contributed by atoms with van der Waals surface area (Å²) in [5, 5.41) is 0.0779. The highest BCUT2D eigenvalue weighted by atomic mass is 32.2. The van der Waals surface area contributed by atoms with Crippen LogP contribution in [0.3, 0.4) is 0 Å². The fraction of sp³-hybridized carbons (Fsp3) is 0.182. The van der Waals surface area contributed by atoms with Crippen LogP contribution in [0, 0.1) is 11.8 Å². The van der Waals surface area contributed by atoms with Gasteiger partial charge in [0.2, 0.25) is 5.78 Å². The second-order valence-corrected chi connectivity index (χ2v) is 4.17. The molecule has 0 saturated heterocycles. The van der Waals surface area contributed by atoms with Crippen LogP contribution >= 0.6 is 11.8 Å². The average Bonchev–Trinajstić information content (AvgIpc) is 2.68. The van der Waals surface area contributed by atoms with Gasteiger partial charge in [-0.25, -0.2) is 9.97 Å². The molecule has 0 aliphatic carbocycles. The minimum atomic E-state index is 0.0779. The van der Waals surface area contributed by atoms with Crippen molar-refractivity contribution in [2.24, 2.45) is 0 Å². The molecule has 0 unspecified atom stereocenters. The van der Waals surface area contributed by atoms with Gasteiger partial charge in [0, 0.05) is 19.3 Å². The van der Waals surface area contributed by atoms with Gasteiger partial charge in [-0.2, -0.15) is 0 Å². The molecule has 0 radical (unpaired) electrons. The van der Waals surface area contributed by atoms with Crippen molar-refractivity contribution in [1.82, 2.24) is 14.4 Å². The first-order chi connectivity index (χ1) is 7.77. The van der Waals surface area contributed by atoms with Gasteiger partial charge in [0.1, 0.15) is 5.69 Å². The number of carbonyl (C=O) groups excluding carboxylic acids is 1. The van der Waals surface area contributed by atoms with Crippen LogP contribution in [0.4, 0.5) is 0 Å². The van der Waals surface area contributed by atoms with E-state index in [2.05, 4.69) is 21.8 Å². The van der Waals surface area contributed by atoms with E-state index >= 15 is 0 Å². The number of fused-ring (bicyclic) bond motifs is 1. The molecule has 2 aromatic heterocycles. The highest BCUT2D eigenvalue weighted by Gasteiger charge is 1.98. The maximum Gasteiger partial charge on any atom is 0.234 e. The number of aromatic nitrogens is 3. The topological polar surface area (TPSA) is 47.3 Å². The smallest absolute Gasteiger partial charge is 0.234 e. The Morgan fingerprint density at radius 1 is 1.56 bits per heavy atom. The lowest BCUT2D eigenvalue weighted by Crippen LogP contribution is -1.89. The summed E-state index contributed by atoms with van der Waals surface area (Å²) in [6.07, 6.45) is 5.22. The van der Waals surface area contributed by atoms with E-state index in [0.29, 0.717) is 11.5 Å². The number of hydrogen-bond donors (Lipinski definition) is 0. The molecular formula is C11H9N3OS. The molecule has 0 bridgehead atoms. The Kier molecular flexibility index (Phi) is 3.22. The minimum absolute atomic E-state index is 0.0779. The molecule has 80 valence electrons. The van der Waals surface area contributed by atoms with Crippen molar-refractivity contribution in [3.63, 3.8) is 0 Å². The molecule has 0 aromatic carbocycles. The highest BCUT2D eigenvalue weighted by Crippen LogP contribution is 2.02. The molecule has 0 spiro atoms. The number of thioether (sulfide) groups is 1. The summed E-state index contributed by atoms with van der Waals surface area (Å²) in [6, 6.07) is 1.82. The second kappa shape index (κ2) is 4.81. The third kappa shape index (κ3) is 2.41. The van der Waals surface area contributed by atoms with Crippen LogP contribution in [0.2, 0.25) is 0 Å². The van der Waals surface area contributed by atoms with Crippen molar-refractivity contribution in [3.05, 3.63) is 30.4 Å². The van der Waals surface area contributed by atoms with E-state index in [1.807, 2.05) is 16.7 Å². The van der Waals surface area contributed by atoms with E-state index in [9.17, 15) is 4.79 Å². The highest BCUT2D eigenvalue weighted by molar-refractivity contribution is 8.13. The molecule has 0 N–H and O–H groups in total. The Morgan fingerprint density at radius 3 is 3.25 bits per heavy atom. The van der Waals surface area contributed by atoms with Crippen LogP contribution in [0.5, 0.6) is 0 Å². The van der Waals surface area contributed by atoms with Crippen molar-refractivity contribution in [2.75, 3.05) is 5.75 Å². The number of hydrogen-bond acceptors (Lipinski definition) is 4. The molecule has 0 fully saturated rings. The zero-order valence-corrected chi connectivity index (χ0v) is 9.49. The molecule has 4 nitrogen and oxygen atoms in total. The van der Waals surface area contributed by atoms with Crippen molar-refractivity contribution >= 4 is 22.7 Å². The monoisotopic (exact) mass is 231 g/mol. The molecule has 16 heavy (non-hydrogen) atoms. The van der Waals surface area contributed by atoms with Crippen molar-refractivity contribution < 1.29 is 4.79 Å². The predicted molar refractivity (Wildman–Crippen MR) is 63.0 cm³/mol. The number of imidazole rings is 1. The van der Waals surface area contributed by atoms with Gasteiger partial charge in [-0.15, -0.1) is 0 Å². The lowest BCUT2D eigenvalue weighted by molar-refractivity contribution is -0.109. The normalized spacial score (nSPS) is 9.81. The molecule has 2 heterocycles. The Bertz CT molecular complexity index is 579. The van der Waals surface area contributed by atoms with Gasteiger partial charge >= 0.3 is 0 Å². The lowest BCUT2D eigenvalue weighted by atomic mass is 10.4. The molecule has 0 aliphatic heterocycles. The van der Waals surface area contributed by atoms with Gasteiger partial charge in [0.05, 0.1) is 11.9 Å². The third-order valence-corrected chi connectivity index (χ3v) is 2.55. The summed E-state index contributed by atoms with van der Waals surface area (Å²) in [6.45, 7) is 1.53. The van der Waals surface area contributed by atoms with E-state index in [0.717, 1.165) is 5.69 Å². The standard InChI is InChI=1S/C11H9N3OS/c1-9(15)16-7-2-4-10-8-13-11-12-5-3-6-14(10)11/h3,5-6,8H,7H2,1H3. The zero-order chi connectivity index (χ0) is 11.4. The van der Waals surface area contributed by atoms with Crippen molar-refractivity contribution in [3.8, 4) is 11.8 Å². The molecule has 0 aliphatic rings. The first-order valence-corrected chi connectivity index (χ1v) is 5.66. The quantitative estimate of drug-likeness (QED) is 0.695. The third-order valence-electron chi connectivity index (χ3n) is 1.85. The van der Waals surface area contributed by atoms with Crippen LogP contribution in [-0.2, 0) is 4.79 Å². The Labute approximate surface area is 97.1 Å². The summed E-state index contributed by atoms with van der Waals surface area (Å²) in [7, 11) is 0. The number of rotatable bonds is 1. The minimum Gasteiger partial charge on any atom is -0.288 e. The average molecular weight is 231 g/mol. The molecule has 5 heteroatoms. The van der Waals surface area contributed by atoms with E-state index in [1.165, 1.54) is 18.7 Å². The lowest BCUT2D eigenvalue weighted by Gasteiger charge is -1.91. The van der Waals surface area contributed by atoms with Gasteiger partial charge in [-0.1, -0.05) is 17.7 Å². The van der Waals surface area contributed by atoms with Crippen LogP contribution in [0.15, 0.2) is 24.7 Å². The first-order valence-electron chi connectivity index (χ1n) is 4.67. The maximum atomic E-state index is 10.7. The molecule has 0 amide bonds. The second-order valence-electron chi connectivity index (χ2n) is 3.02. The van der Waals surface area contributed by atoms with Gasteiger partial charge in [-0.05, 0) is 12.0 Å². The molecule has 2 rings (SSSR count). The molecule has 2 aromatic rings. The van der Waals surface area contributed by atoms with Crippen molar-refractivity contribution in [2.45, 2.75) is 6.92 Å². The van der Waals surface area contributed by atoms with Gasteiger partial charge < -0.3 is 0 Å². The first kappa shape index (κ1) is 10.7. The van der Waals surface area contributed by atoms with E-state index in [-0.39, 0.29) is 5.12 Å². The van der Waals surface area contributed by atoms with Crippen LogP contribution in [0.25, 0.3) is 5.78 Å². The maximum absolute atomic E-state index is 10.7. The zero-order valence-electron chi connectivity index (χ0n) is 8.67. The van der Waals surface area contributed by atoms with E-state index in [1.54, 1.807) is 12.4 Å². The molecule has 0 atom stereocenters. The molecular weight excluding hydrogens is 222 g/mol. The summed E-state index contributed by atoms with van der Waals surface area (Å²) >= 11 is 1.20. The Hall–Kier alpha value is -1.80. The Balaban J connectivity index is 2.18.